The lowest BCUT2D eigenvalue weighted by molar-refractivity contribution is 0.286. The minimum Gasteiger partial charge on any atom is -0.381 e. The van der Waals surface area contributed by atoms with Crippen molar-refractivity contribution >= 4 is 17.3 Å². The van der Waals surface area contributed by atoms with E-state index in [4.69, 9.17) is 11.6 Å². The molecule has 1 heterocycles. The highest BCUT2D eigenvalue weighted by Gasteiger charge is 2.20. The first-order valence-corrected chi connectivity index (χ1v) is 7.39. The van der Waals surface area contributed by atoms with Crippen LogP contribution in [0.3, 0.4) is 0 Å². The number of tetrazole rings is 1. The molecule has 2 aromatic rings. The van der Waals surface area contributed by atoms with Crippen LogP contribution in [0.1, 0.15) is 32.6 Å². The second-order valence-electron chi connectivity index (χ2n) is 5.50. The van der Waals surface area contributed by atoms with E-state index in [-0.39, 0.29) is 0 Å². The van der Waals surface area contributed by atoms with Gasteiger partial charge < -0.3 is 5.32 Å². The first-order chi connectivity index (χ1) is 9.72. The molecule has 1 aliphatic carbocycles. The van der Waals surface area contributed by atoms with Gasteiger partial charge in [0.25, 0.3) is 0 Å². The molecule has 0 amide bonds. The van der Waals surface area contributed by atoms with Crippen molar-refractivity contribution in [3.05, 3.63) is 29.5 Å². The van der Waals surface area contributed by atoms with Crippen LogP contribution in [0.5, 0.6) is 0 Å². The van der Waals surface area contributed by atoms with Gasteiger partial charge in [-0.15, -0.1) is 5.10 Å². The third-order valence-corrected chi connectivity index (χ3v) is 4.21. The summed E-state index contributed by atoms with van der Waals surface area (Å²) in [5, 5.41) is 15.4. The highest BCUT2D eigenvalue weighted by molar-refractivity contribution is 6.33. The molecule has 1 aromatic carbocycles. The smallest absolute Gasteiger partial charge is 0.143 e. The molecule has 0 bridgehead atoms. The molecular weight excluding hydrogens is 274 g/mol. The summed E-state index contributed by atoms with van der Waals surface area (Å²) in [5.41, 5.74) is 1.84. The SMILES string of the molecule is CC(CC1CCC1)Nc1cc(-n2cnnn2)ccc1Cl. The molecule has 1 unspecified atom stereocenters. The van der Waals surface area contributed by atoms with Crippen LogP contribution in [0.4, 0.5) is 5.69 Å². The average Bonchev–Trinajstić information content (AvgIpc) is 2.90. The summed E-state index contributed by atoms with van der Waals surface area (Å²) in [7, 11) is 0. The van der Waals surface area contributed by atoms with Crippen molar-refractivity contribution in [2.75, 3.05) is 5.32 Å². The maximum absolute atomic E-state index is 6.26. The van der Waals surface area contributed by atoms with Crippen LogP contribution in [0.25, 0.3) is 5.69 Å². The Balaban J connectivity index is 1.72. The highest BCUT2D eigenvalue weighted by Crippen LogP contribution is 2.32. The zero-order valence-electron chi connectivity index (χ0n) is 11.5. The van der Waals surface area contributed by atoms with Crippen molar-refractivity contribution in [3.63, 3.8) is 0 Å². The van der Waals surface area contributed by atoms with E-state index in [1.165, 1.54) is 25.7 Å². The molecule has 1 N–H and O–H groups in total. The number of nitrogens with zero attached hydrogens (tertiary/aromatic N) is 4. The number of nitrogens with one attached hydrogen (secondary N) is 1. The minimum atomic E-state index is 0.418. The molecule has 1 atom stereocenters. The Labute approximate surface area is 123 Å². The topological polar surface area (TPSA) is 55.6 Å². The lowest BCUT2D eigenvalue weighted by Crippen LogP contribution is -2.23. The second-order valence-corrected chi connectivity index (χ2v) is 5.90. The molecule has 20 heavy (non-hydrogen) atoms. The Kier molecular flexibility index (Phi) is 3.87. The van der Waals surface area contributed by atoms with Gasteiger partial charge in [-0.25, -0.2) is 4.68 Å². The normalized spacial score (nSPS) is 16.7. The lowest BCUT2D eigenvalue weighted by atomic mass is 9.81. The summed E-state index contributed by atoms with van der Waals surface area (Å²) >= 11 is 6.26. The molecule has 0 spiro atoms. The highest BCUT2D eigenvalue weighted by atomic mass is 35.5. The van der Waals surface area contributed by atoms with Crippen molar-refractivity contribution in [2.24, 2.45) is 5.92 Å². The fraction of sp³-hybridized carbons (Fsp3) is 0.500. The molecule has 106 valence electrons. The molecule has 5 nitrogen and oxygen atoms in total. The van der Waals surface area contributed by atoms with Crippen LogP contribution in [0.15, 0.2) is 24.5 Å². The molecule has 0 saturated heterocycles. The standard InChI is InChI=1S/C14H18ClN5/c1-10(7-11-3-2-4-11)17-14-8-12(5-6-13(14)15)20-9-16-18-19-20/h5-6,8-11,17H,2-4,7H2,1H3. The molecule has 0 aliphatic heterocycles. The van der Waals surface area contributed by atoms with E-state index in [1.807, 2.05) is 18.2 Å². The van der Waals surface area contributed by atoms with Gasteiger partial charge in [-0.3, -0.25) is 0 Å². The van der Waals surface area contributed by atoms with E-state index < -0.39 is 0 Å². The number of rotatable bonds is 5. The maximum atomic E-state index is 6.26. The molecule has 6 heteroatoms. The van der Waals surface area contributed by atoms with Crippen molar-refractivity contribution in [2.45, 2.75) is 38.6 Å². The Morgan fingerprint density at radius 1 is 1.45 bits per heavy atom. The van der Waals surface area contributed by atoms with Crippen LogP contribution in [0.2, 0.25) is 5.02 Å². The molecule has 3 rings (SSSR count). The summed E-state index contributed by atoms with van der Waals surface area (Å²) in [6.07, 6.45) is 6.89. The van der Waals surface area contributed by atoms with Gasteiger partial charge in [0.1, 0.15) is 6.33 Å². The number of benzene rings is 1. The molecular formula is C14H18ClN5. The fourth-order valence-corrected chi connectivity index (χ4v) is 2.77. The van der Waals surface area contributed by atoms with E-state index in [0.29, 0.717) is 6.04 Å². The first kappa shape index (κ1) is 13.4. The molecule has 1 fully saturated rings. The van der Waals surface area contributed by atoms with Crippen molar-refractivity contribution in [3.8, 4) is 5.69 Å². The van der Waals surface area contributed by atoms with Gasteiger partial charge in [-0.2, -0.15) is 0 Å². The van der Waals surface area contributed by atoms with E-state index >= 15 is 0 Å². The Morgan fingerprint density at radius 2 is 2.30 bits per heavy atom. The van der Waals surface area contributed by atoms with E-state index in [2.05, 4.69) is 27.8 Å². The quantitative estimate of drug-likeness (QED) is 0.918. The average molecular weight is 292 g/mol. The van der Waals surface area contributed by atoms with Crippen LogP contribution in [-0.4, -0.2) is 26.2 Å². The molecule has 1 aromatic heterocycles. The number of anilines is 1. The third-order valence-electron chi connectivity index (χ3n) is 3.88. The Hall–Kier alpha value is -1.62. The van der Waals surface area contributed by atoms with Crippen LogP contribution >= 0.6 is 11.6 Å². The van der Waals surface area contributed by atoms with Gasteiger partial charge in [-0.1, -0.05) is 30.9 Å². The number of halogens is 1. The number of hydrogen-bond donors (Lipinski definition) is 1. The van der Waals surface area contributed by atoms with Gasteiger partial charge in [0.2, 0.25) is 0 Å². The summed E-state index contributed by atoms with van der Waals surface area (Å²) < 4.78 is 1.62. The number of hydrogen-bond acceptors (Lipinski definition) is 4. The van der Waals surface area contributed by atoms with Crippen LogP contribution in [-0.2, 0) is 0 Å². The molecule has 0 radical (unpaired) electrons. The lowest BCUT2D eigenvalue weighted by Gasteiger charge is -2.29. The summed E-state index contributed by atoms with van der Waals surface area (Å²) in [6.45, 7) is 2.21. The predicted octanol–water partition coefficient (Wildman–Crippen LogP) is 3.31. The Morgan fingerprint density at radius 3 is 2.95 bits per heavy atom. The Bertz CT molecular complexity index is 565. The summed E-state index contributed by atoms with van der Waals surface area (Å²) in [6, 6.07) is 6.18. The van der Waals surface area contributed by atoms with Crippen molar-refractivity contribution < 1.29 is 0 Å². The van der Waals surface area contributed by atoms with E-state index in [0.717, 1.165) is 22.3 Å². The monoisotopic (exact) mass is 291 g/mol. The summed E-state index contributed by atoms with van der Waals surface area (Å²) in [4.78, 5) is 0. The second kappa shape index (κ2) is 5.79. The van der Waals surface area contributed by atoms with Gasteiger partial charge in [0, 0.05) is 6.04 Å². The first-order valence-electron chi connectivity index (χ1n) is 7.02. The molecule has 1 aliphatic rings. The van der Waals surface area contributed by atoms with Gasteiger partial charge >= 0.3 is 0 Å². The number of aromatic nitrogens is 4. The van der Waals surface area contributed by atoms with Crippen LogP contribution in [0, 0.1) is 5.92 Å². The minimum absolute atomic E-state index is 0.418. The van der Waals surface area contributed by atoms with Crippen molar-refractivity contribution in [1.82, 2.24) is 20.2 Å². The third kappa shape index (κ3) is 2.93. The van der Waals surface area contributed by atoms with Gasteiger partial charge in [0.15, 0.2) is 0 Å². The van der Waals surface area contributed by atoms with Gasteiger partial charge in [-0.05, 0) is 47.9 Å². The largest absolute Gasteiger partial charge is 0.381 e. The zero-order valence-corrected chi connectivity index (χ0v) is 12.2. The predicted molar refractivity (Wildman–Crippen MR) is 79.2 cm³/mol. The van der Waals surface area contributed by atoms with E-state index in [1.54, 1.807) is 11.0 Å². The fourth-order valence-electron chi connectivity index (χ4n) is 2.60. The van der Waals surface area contributed by atoms with Crippen LogP contribution < -0.4 is 5.32 Å². The van der Waals surface area contributed by atoms with Gasteiger partial charge in [0.05, 0.1) is 16.4 Å². The van der Waals surface area contributed by atoms with E-state index in [9.17, 15) is 0 Å². The summed E-state index contributed by atoms with van der Waals surface area (Å²) in [5.74, 6) is 0.874. The van der Waals surface area contributed by atoms with Crippen molar-refractivity contribution in [1.29, 1.82) is 0 Å². The maximum Gasteiger partial charge on any atom is 0.143 e. The molecule has 1 saturated carbocycles. The zero-order chi connectivity index (χ0) is 13.9.